The van der Waals surface area contributed by atoms with Crippen molar-refractivity contribution in [2.24, 2.45) is 5.73 Å². The van der Waals surface area contributed by atoms with Gasteiger partial charge in [0.15, 0.2) is 0 Å². The number of sulfonamides is 1. The Morgan fingerprint density at radius 2 is 1.88 bits per heavy atom. The molecule has 0 amide bonds. The quantitative estimate of drug-likeness (QED) is 0.704. The Labute approximate surface area is 102 Å². The van der Waals surface area contributed by atoms with Gasteiger partial charge in [-0.25, -0.2) is 8.42 Å². The molecule has 0 aromatic heterocycles. The molecule has 7 heteroatoms. The minimum Gasteiger partial charge on any atom is -0.468 e. The maximum Gasteiger partial charge on any atom is 0.321 e. The van der Waals surface area contributed by atoms with E-state index in [1.54, 1.807) is 0 Å². The number of nitrogens with two attached hydrogens (primary N) is 1. The predicted octanol–water partition coefficient (Wildman–Crippen LogP) is -0.309. The number of carbonyl (C=O) groups is 1. The molecule has 1 rings (SSSR count). The molecule has 100 valence electrons. The number of methoxy groups -OCH3 is 1. The lowest BCUT2D eigenvalue weighted by Gasteiger charge is -2.33. The lowest BCUT2D eigenvalue weighted by Crippen LogP contribution is -2.46. The maximum absolute atomic E-state index is 11.7. The lowest BCUT2D eigenvalue weighted by molar-refractivity contribution is -0.141. The summed E-state index contributed by atoms with van der Waals surface area (Å²) in [4.78, 5) is 11.2. The molecule has 0 heterocycles. The molecular formula is C10H20N2O4S. The van der Waals surface area contributed by atoms with Gasteiger partial charge in [0, 0.05) is 12.1 Å². The average Bonchev–Trinajstić information content (AvgIpc) is 2.25. The molecule has 0 unspecified atom stereocenters. The van der Waals surface area contributed by atoms with Crippen molar-refractivity contribution in [1.29, 1.82) is 0 Å². The highest BCUT2D eigenvalue weighted by Gasteiger charge is 2.31. The number of esters is 1. The summed E-state index contributed by atoms with van der Waals surface area (Å²) < 4.78 is 29.0. The van der Waals surface area contributed by atoms with E-state index in [-0.39, 0.29) is 18.6 Å². The van der Waals surface area contributed by atoms with Gasteiger partial charge in [-0.05, 0) is 25.7 Å². The molecule has 0 aromatic carbocycles. The molecule has 0 aliphatic heterocycles. The zero-order valence-corrected chi connectivity index (χ0v) is 11.1. The Kier molecular flexibility index (Phi) is 4.91. The highest BCUT2D eigenvalue weighted by molar-refractivity contribution is 7.88. The molecule has 6 nitrogen and oxygen atoms in total. The van der Waals surface area contributed by atoms with Crippen molar-refractivity contribution in [2.75, 3.05) is 19.9 Å². The normalized spacial score (nSPS) is 25.9. The average molecular weight is 264 g/mol. The van der Waals surface area contributed by atoms with E-state index in [4.69, 9.17) is 5.73 Å². The highest BCUT2D eigenvalue weighted by atomic mass is 32.2. The minimum absolute atomic E-state index is 0.135. The Balaban J connectivity index is 2.73. The van der Waals surface area contributed by atoms with Gasteiger partial charge in [0.1, 0.15) is 6.54 Å². The van der Waals surface area contributed by atoms with Crippen molar-refractivity contribution in [3.8, 4) is 0 Å². The Hall–Kier alpha value is -0.660. The van der Waals surface area contributed by atoms with E-state index >= 15 is 0 Å². The number of hydrogen-bond donors (Lipinski definition) is 1. The van der Waals surface area contributed by atoms with Gasteiger partial charge >= 0.3 is 5.97 Å². The van der Waals surface area contributed by atoms with Gasteiger partial charge in [-0.1, -0.05) is 0 Å². The number of ether oxygens (including phenoxy) is 1. The minimum atomic E-state index is -3.40. The van der Waals surface area contributed by atoms with E-state index in [0.29, 0.717) is 12.8 Å². The molecule has 1 aliphatic rings. The molecule has 0 atom stereocenters. The van der Waals surface area contributed by atoms with Crippen molar-refractivity contribution in [3.05, 3.63) is 0 Å². The second-order valence-corrected chi connectivity index (χ2v) is 6.39. The fourth-order valence-electron chi connectivity index (χ4n) is 2.10. The van der Waals surface area contributed by atoms with Gasteiger partial charge in [-0.3, -0.25) is 4.79 Å². The summed E-state index contributed by atoms with van der Waals surface area (Å²) >= 11 is 0. The zero-order chi connectivity index (χ0) is 13.1. The molecule has 0 bridgehead atoms. The first-order valence-corrected chi connectivity index (χ1v) is 7.48. The smallest absolute Gasteiger partial charge is 0.321 e. The molecule has 17 heavy (non-hydrogen) atoms. The van der Waals surface area contributed by atoms with Crippen LogP contribution < -0.4 is 5.73 Å². The molecule has 0 aromatic rings. The Bertz CT molecular complexity index is 361. The number of nitrogens with zero attached hydrogens (tertiary/aromatic N) is 1. The van der Waals surface area contributed by atoms with E-state index in [9.17, 15) is 13.2 Å². The molecular weight excluding hydrogens is 244 g/mol. The molecule has 1 saturated carbocycles. The van der Waals surface area contributed by atoms with Crippen molar-refractivity contribution in [1.82, 2.24) is 4.31 Å². The van der Waals surface area contributed by atoms with Gasteiger partial charge in [0.05, 0.1) is 13.4 Å². The second-order valence-electron chi connectivity index (χ2n) is 4.45. The SMILES string of the molecule is COC(=O)CN([C@H]1CC[C@H](N)CC1)S(C)(=O)=O. The third kappa shape index (κ3) is 4.25. The summed E-state index contributed by atoms with van der Waals surface area (Å²) in [5.41, 5.74) is 5.77. The first kappa shape index (κ1) is 14.4. The molecule has 2 N–H and O–H groups in total. The Morgan fingerprint density at radius 1 is 1.35 bits per heavy atom. The van der Waals surface area contributed by atoms with Crippen LogP contribution >= 0.6 is 0 Å². The van der Waals surface area contributed by atoms with Gasteiger partial charge < -0.3 is 10.5 Å². The van der Waals surface area contributed by atoms with Gasteiger partial charge in [0.2, 0.25) is 10.0 Å². The number of hydrogen-bond acceptors (Lipinski definition) is 5. The topological polar surface area (TPSA) is 89.7 Å². The van der Waals surface area contributed by atoms with E-state index < -0.39 is 16.0 Å². The lowest BCUT2D eigenvalue weighted by atomic mass is 9.92. The van der Waals surface area contributed by atoms with Crippen LogP contribution in [0, 0.1) is 0 Å². The third-order valence-corrected chi connectivity index (χ3v) is 4.37. The van der Waals surface area contributed by atoms with Crippen LogP contribution in [0.15, 0.2) is 0 Å². The molecule has 0 saturated heterocycles. The zero-order valence-electron chi connectivity index (χ0n) is 10.3. The molecule has 1 aliphatic carbocycles. The van der Waals surface area contributed by atoms with E-state index in [1.165, 1.54) is 11.4 Å². The van der Waals surface area contributed by atoms with E-state index in [1.807, 2.05) is 0 Å². The van der Waals surface area contributed by atoms with Crippen LogP contribution in [0.2, 0.25) is 0 Å². The molecule has 1 fully saturated rings. The van der Waals surface area contributed by atoms with Crippen molar-refractivity contribution < 1.29 is 17.9 Å². The summed E-state index contributed by atoms with van der Waals surface area (Å²) in [6, 6.07) is 0.00897. The monoisotopic (exact) mass is 264 g/mol. The van der Waals surface area contributed by atoms with E-state index in [2.05, 4.69) is 4.74 Å². The van der Waals surface area contributed by atoms with Crippen LogP contribution in [0.4, 0.5) is 0 Å². The molecule has 0 radical (unpaired) electrons. The van der Waals surface area contributed by atoms with Gasteiger partial charge in [-0.2, -0.15) is 4.31 Å². The summed E-state index contributed by atoms with van der Waals surface area (Å²) in [5.74, 6) is -0.537. The van der Waals surface area contributed by atoms with Gasteiger partial charge in [0.25, 0.3) is 0 Å². The van der Waals surface area contributed by atoms with Gasteiger partial charge in [-0.15, -0.1) is 0 Å². The second kappa shape index (κ2) is 5.79. The van der Waals surface area contributed by atoms with Crippen LogP contribution in [0.3, 0.4) is 0 Å². The first-order chi connectivity index (χ1) is 7.84. The van der Waals surface area contributed by atoms with Crippen LogP contribution in [0.1, 0.15) is 25.7 Å². The van der Waals surface area contributed by atoms with Crippen molar-refractivity contribution in [2.45, 2.75) is 37.8 Å². The summed E-state index contributed by atoms with van der Waals surface area (Å²) in [7, 11) is -2.15. The van der Waals surface area contributed by atoms with Crippen LogP contribution in [-0.4, -0.2) is 50.7 Å². The fourth-order valence-corrected chi connectivity index (χ4v) is 3.19. The summed E-state index contributed by atoms with van der Waals surface area (Å²) in [5, 5.41) is 0. The van der Waals surface area contributed by atoms with Crippen LogP contribution in [0.5, 0.6) is 0 Å². The Morgan fingerprint density at radius 3 is 2.29 bits per heavy atom. The number of carbonyl (C=O) groups excluding carboxylic acids is 1. The van der Waals surface area contributed by atoms with Crippen molar-refractivity contribution >= 4 is 16.0 Å². The summed E-state index contributed by atoms with van der Waals surface area (Å²) in [6.45, 7) is -0.213. The largest absolute Gasteiger partial charge is 0.468 e. The predicted molar refractivity (Wildman–Crippen MR) is 63.8 cm³/mol. The highest BCUT2D eigenvalue weighted by Crippen LogP contribution is 2.23. The number of rotatable bonds is 4. The summed E-state index contributed by atoms with van der Waals surface area (Å²) in [6.07, 6.45) is 4.09. The maximum atomic E-state index is 11.7. The van der Waals surface area contributed by atoms with Crippen molar-refractivity contribution in [3.63, 3.8) is 0 Å². The molecule has 0 spiro atoms. The fraction of sp³-hybridized carbons (Fsp3) is 0.900. The van der Waals surface area contributed by atoms with E-state index in [0.717, 1.165) is 19.1 Å². The van der Waals surface area contributed by atoms with Crippen LogP contribution in [-0.2, 0) is 19.6 Å². The third-order valence-electron chi connectivity index (χ3n) is 3.09. The first-order valence-electron chi connectivity index (χ1n) is 5.63. The van der Waals surface area contributed by atoms with Crippen LogP contribution in [0.25, 0.3) is 0 Å². The standard InChI is InChI=1S/C10H20N2O4S/c1-16-10(13)7-12(17(2,14)15)9-5-3-8(11)4-6-9/h8-9H,3-7,11H2,1-2H3/t8-,9-.